The molecule has 4 nitrogen and oxygen atoms in total. The Balaban J connectivity index is 2.96. The van der Waals surface area contributed by atoms with Crippen molar-refractivity contribution in [3.63, 3.8) is 0 Å². The minimum atomic E-state index is -4.89. The van der Waals surface area contributed by atoms with Crippen molar-refractivity contribution in [1.82, 2.24) is 4.57 Å². The quantitative estimate of drug-likeness (QED) is 0.626. The van der Waals surface area contributed by atoms with E-state index in [0.29, 0.717) is 18.6 Å². The summed E-state index contributed by atoms with van der Waals surface area (Å²) in [6, 6.07) is 0.800. The Morgan fingerprint density at radius 2 is 1.96 bits per heavy atom. The number of alkyl halides is 3. The molecule has 0 saturated heterocycles. The maximum atomic E-state index is 13.8. The summed E-state index contributed by atoms with van der Waals surface area (Å²) in [5, 5.41) is -0.302. The molecule has 2 rings (SSSR count). The molecule has 0 aliphatic carbocycles. The Bertz CT molecular complexity index is 855. The van der Waals surface area contributed by atoms with Crippen LogP contribution in [0.5, 0.6) is 0 Å². The topological polar surface area (TPSA) is 48.3 Å². The maximum absolute atomic E-state index is 13.8. The molecule has 1 heterocycles. The number of fused-ring (bicyclic) bond motifs is 1. The smallest absolute Gasteiger partial charge is 0.419 e. The van der Waals surface area contributed by atoms with Crippen molar-refractivity contribution < 1.29 is 27.1 Å². The van der Waals surface area contributed by atoms with Crippen LogP contribution in [0.15, 0.2) is 23.1 Å². The molecule has 24 heavy (non-hydrogen) atoms. The van der Waals surface area contributed by atoms with Gasteiger partial charge in [-0.1, -0.05) is 6.92 Å². The molecular weight excluding hydrogens is 330 g/mol. The summed E-state index contributed by atoms with van der Waals surface area (Å²) >= 11 is 0. The number of benzene rings is 1. The predicted octanol–water partition coefficient (Wildman–Crippen LogP) is 3.92. The molecule has 0 unspecified atom stereocenters. The Kier molecular flexibility index (Phi) is 4.68. The van der Waals surface area contributed by atoms with Crippen LogP contribution in [-0.2, 0) is 10.9 Å². The number of pyridine rings is 1. The van der Waals surface area contributed by atoms with E-state index in [0.717, 1.165) is 13.3 Å². The van der Waals surface area contributed by atoms with Crippen molar-refractivity contribution in [3.05, 3.63) is 45.5 Å². The average Bonchev–Trinajstić information content (AvgIpc) is 2.52. The highest BCUT2D eigenvalue weighted by Crippen LogP contribution is 2.34. The average molecular weight is 345 g/mol. The van der Waals surface area contributed by atoms with Crippen molar-refractivity contribution in [2.75, 3.05) is 7.11 Å². The zero-order chi connectivity index (χ0) is 18.2. The number of rotatable bonds is 3. The number of halogens is 4. The third kappa shape index (κ3) is 3.00. The number of hydrogen-bond donors (Lipinski definition) is 0. The number of methoxy groups -OCH3 is 1. The Hall–Kier alpha value is -2.38. The summed E-state index contributed by atoms with van der Waals surface area (Å²) in [6.45, 7) is 3.50. The van der Waals surface area contributed by atoms with Gasteiger partial charge in [0, 0.05) is 17.6 Å². The summed E-state index contributed by atoms with van der Waals surface area (Å²) in [7, 11) is 1.08. The van der Waals surface area contributed by atoms with E-state index >= 15 is 0 Å². The molecule has 0 amide bonds. The second kappa shape index (κ2) is 6.26. The van der Waals surface area contributed by atoms with Crippen LogP contribution in [-0.4, -0.2) is 17.6 Å². The maximum Gasteiger partial charge on any atom is 0.419 e. The van der Waals surface area contributed by atoms with Gasteiger partial charge in [-0.25, -0.2) is 9.18 Å². The third-order valence-electron chi connectivity index (χ3n) is 3.90. The van der Waals surface area contributed by atoms with Crippen LogP contribution in [0.1, 0.15) is 42.2 Å². The molecule has 0 bridgehead atoms. The minimum absolute atomic E-state index is 0.0873. The van der Waals surface area contributed by atoms with Crippen molar-refractivity contribution >= 4 is 16.9 Å². The molecule has 0 fully saturated rings. The first-order chi connectivity index (χ1) is 11.1. The van der Waals surface area contributed by atoms with E-state index in [1.807, 2.05) is 0 Å². The number of ether oxygens (including phenoxy) is 1. The van der Waals surface area contributed by atoms with Crippen molar-refractivity contribution in [2.24, 2.45) is 0 Å². The lowest BCUT2D eigenvalue weighted by molar-refractivity contribution is -0.139. The largest absolute Gasteiger partial charge is 0.465 e. The normalized spacial score (nSPS) is 13.1. The van der Waals surface area contributed by atoms with Gasteiger partial charge < -0.3 is 9.30 Å². The second-order valence-corrected chi connectivity index (χ2v) is 5.37. The number of carbonyl (C=O) groups is 1. The Morgan fingerprint density at radius 1 is 1.33 bits per heavy atom. The molecule has 0 radical (unpaired) electrons. The van der Waals surface area contributed by atoms with E-state index in [1.165, 1.54) is 4.57 Å². The molecule has 0 aliphatic heterocycles. The number of carbonyl (C=O) groups excluding carboxylic acids is 1. The summed E-state index contributed by atoms with van der Waals surface area (Å²) in [6.07, 6.45) is -3.21. The van der Waals surface area contributed by atoms with Crippen molar-refractivity contribution in [1.29, 1.82) is 0 Å². The highest BCUT2D eigenvalue weighted by molar-refractivity contribution is 5.94. The van der Waals surface area contributed by atoms with Gasteiger partial charge in [0.1, 0.15) is 11.4 Å². The van der Waals surface area contributed by atoms with E-state index in [9.17, 15) is 27.2 Å². The van der Waals surface area contributed by atoms with Gasteiger partial charge in [0.25, 0.3) is 0 Å². The first-order valence-corrected chi connectivity index (χ1v) is 7.15. The SMILES string of the molecule is CC[C@H](C)n1cc(C(=O)OC)c(=O)c2cc(F)c(C(F)(F)F)cc21. The predicted molar refractivity (Wildman–Crippen MR) is 79.5 cm³/mol. The third-order valence-corrected chi connectivity index (χ3v) is 3.90. The van der Waals surface area contributed by atoms with Crippen LogP contribution in [0, 0.1) is 5.82 Å². The van der Waals surface area contributed by atoms with Gasteiger partial charge in [-0.2, -0.15) is 13.2 Å². The zero-order valence-corrected chi connectivity index (χ0v) is 13.2. The highest BCUT2D eigenvalue weighted by Gasteiger charge is 2.35. The van der Waals surface area contributed by atoms with Crippen molar-refractivity contribution in [3.8, 4) is 0 Å². The monoisotopic (exact) mass is 345 g/mol. The van der Waals surface area contributed by atoms with Crippen LogP contribution in [0.2, 0.25) is 0 Å². The van der Waals surface area contributed by atoms with Gasteiger partial charge in [-0.05, 0) is 25.5 Å². The highest BCUT2D eigenvalue weighted by atomic mass is 19.4. The van der Waals surface area contributed by atoms with Gasteiger partial charge >= 0.3 is 12.1 Å². The standard InChI is InChI=1S/C16H15F4NO3/c1-4-8(2)21-7-10(15(23)24-3)14(22)9-5-12(17)11(6-13(9)21)16(18,19)20/h5-8H,4H2,1-3H3/t8-/m0/s1. The number of aromatic nitrogens is 1. The zero-order valence-electron chi connectivity index (χ0n) is 13.2. The molecular formula is C16H15F4NO3. The fourth-order valence-corrected chi connectivity index (χ4v) is 2.40. The molecule has 1 aromatic heterocycles. The molecule has 0 aliphatic rings. The van der Waals surface area contributed by atoms with E-state index in [1.54, 1.807) is 13.8 Å². The Labute approximate surface area is 134 Å². The fourth-order valence-electron chi connectivity index (χ4n) is 2.40. The van der Waals surface area contributed by atoms with Gasteiger partial charge in [0.2, 0.25) is 5.43 Å². The lowest BCUT2D eigenvalue weighted by atomic mass is 10.1. The summed E-state index contributed by atoms with van der Waals surface area (Å²) in [5.41, 5.74) is -2.78. The van der Waals surface area contributed by atoms with Crippen LogP contribution in [0.3, 0.4) is 0 Å². The fraction of sp³-hybridized carbons (Fsp3) is 0.375. The van der Waals surface area contributed by atoms with E-state index in [-0.39, 0.29) is 22.5 Å². The van der Waals surface area contributed by atoms with Crippen LogP contribution < -0.4 is 5.43 Å². The molecule has 130 valence electrons. The molecule has 1 atom stereocenters. The van der Waals surface area contributed by atoms with Crippen molar-refractivity contribution in [2.45, 2.75) is 32.5 Å². The number of esters is 1. The Morgan fingerprint density at radius 3 is 2.46 bits per heavy atom. The molecule has 2 aromatic rings. The van der Waals surface area contributed by atoms with E-state index in [4.69, 9.17) is 0 Å². The first-order valence-electron chi connectivity index (χ1n) is 7.15. The summed E-state index contributed by atoms with van der Waals surface area (Å²) < 4.78 is 58.6. The molecule has 0 N–H and O–H groups in total. The first kappa shape index (κ1) is 18.0. The number of hydrogen-bond acceptors (Lipinski definition) is 3. The molecule has 0 spiro atoms. The lowest BCUT2D eigenvalue weighted by Crippen LogP contribution is -2.22. The molecule has 8 heteroatoms. The molecule has 0 saturated carbocycles. The van der Waals surface area contributed by atoms with Crippen LogP contribution in [0.25, 0.3) is 10.9 Å². The van der Waals surface area contributed by atoms with Gasteiger partial charge in [0.15, 0.2) is 0 Å². The summed E-state index contributed by atoms with van der Waals surface area (Å²) in [5.74, 6) is -2.50. The second-order valence-electron chi connectivity index (χ2n) is 5.37. The number of nitrogens with zero attached hydrogens (tertiary/aromatic N) is 1. The van der Waals surface area contributed by atoms with Crippen LogP contribution >= 0.6 is 0 Å². The molecule has 1 aromatic carbocycles. The van der Waals surface area contributed by atoms with E-state index in [2.05, 4.69) is 4.74 Å². The van der Waals surface area contributed by atoms with Gasteiger partial charge in [-0.15, -0.1) is 0 Å². The van der Waals surface area contributed by atoms with Gasteiger partial charge in [-0.3, -0.25) is 4.79 Å². The van der Waals surface area contributed by atoms with E-state index < -0.39 is 29.0 Å². The lowest BCUT2D eigenvalue weighted by Gasteiger charge is -2.20. The van der Waals surface area contributed by atoms with Crippen LogP contribution in [0.4, 0.5) is 17.6 Å². The minimum Gasteiger partial charge on any atom is -0.465 e. The van der Waals surface area contributed by atoms with Gasteiger partial charge in [0.05, 0.1) is 18.2 Å². The summed E-state index contributed by atoms with van der Waals surface area (Å²) in [4.78, 5) is 24.1.